The first kappa shape index (κ1) is 87.7. The van der Waals surface area contributed by atoms with Crippen LogP contribution < -0.4 is 10.8 Å². The van der Waals surface area contributed by atoms with Gasteiger partial charge >= 0.3 is 23.6 Å². The first-order valence-corrected chi connectivity index (χ1v) is 32.4. The van der Waals surface area contributed by atoms with Crippen LogP contribution in [0.5, 0.6) is 0 Å². The van der Waals surface area contributed by atoms with Crippen LogP contribution in [0.3, 0.4) is 0 Å². The zero-order chi connectivity index (χ0) is 59.3. The first-order valence-electron chi connectivity index (χ1n) is 27.1. The van der Waals surface area contributed by atoms with E-state index >= 15 is 0 Å². The smallest absolute Gasteiger partial charge is 0.400 e. The average molecular weight is 1170 g/mol. The van der Waals surface area contributed by atoms with Crippen LogP contribution in [0.15, 0.2) is 50.6 Å². The number of carbonyl (C=O) groups excluding carboxylic acids is 4. The third-order valence-corrected chi connectivity index (χ3v) is 13.4. The molecule has 0 aromatic rings. The second-order valence-electron chi connectivity index (χ2n) is 16.5. The highest BCUT2D eigenvalue weighted by Crippen LogP contribution is 2.08. The van der Waals surface area contributed by atoms with Gasteiger partial charge in [-0.25, -0.2) is 0 Å². The number of Topliss-reactive ketones (excluding diaryl/α,β-unsaturated/α-hetero) is 2. The minimum atomic E-state index is -3.25. The van der Waals surface area contributed by atoms with Gasteiger partial charge in [0.25, 0.3) is 0 Å². The van der Waals surface area contributed by atoms with Crippen molar-refractivity contribution in [3.63, 3.8) is 0 Å². The van der Waals surface area contributed by atoms with Crippen molar-refractivity contribution in [3.05, 3.63) is 50.6 Å². The molecule has 0 heterocycles. The number of ether oxygens (including phenoxy) is 4. The Bertz CT molecular complexity index is 1100. The van der Waals surface area contributed by atoms with Crippen molar-refractivity contribution in [3.8, 4) is 0 Å². The summed E-state index contributed by atoms with van der Waals surface area (Å²) in [6.45, 7) is 28.2. The number of carbonyl (C=O) groups is 4. The Morgan fingerprint density at radius 3 is 1.17 bits per heavy atom. The van der Waals surface area contributed by atoms with Crippen LogP contribution in [-0.4, -0.2) is 164 Å². The van der Waals surface area contributed by atoms with Gasteiger partial charge in [-0.05, 0) is 50.0 Å². The normalized spacial score (nSPS) is 10.2. The van der Waals surface area contributed by atoms with Crippen LogP contribution in [0.2, 0.25) is 12.1 Å². The molecule has 0 unspecified atom stereocenters. The molecule has 0 radical (unpaired) electrons. The maximum absolute atomic E-state index is 11.3. The van der Waals surface area contributed by atoms with E-state index in [0.29, 0.717) is 127 Å². The summed E-state index contributed by atoms with van der Waals surface area (Å²) in [5.74, 6) is 1.77. The molecule has 0 aromatic carbocycles. The highest BCUT2D eigenvalue weighted by molar-refractivity contribution is 7.80. The Morgan fingerprint density at radius 1 is 0.474 bits per heavy atom. The van der Waals surface area contributed by atoms with Gasteiger partial charge in [-0.15, -0.1) is 26.3 Å². The minimum absolute atomic E-state index is 0.0742. The van der Waals surface area contributed by atoms with E-state index in [2.05, 4.69) is 98.9 Å². The van der Waals surface area contributed by atoms with Gasteiger partial charge < -0.3 is 62.2 Å². The molecule has 0 saturated carbocycles. The molecule has 0 saturated heterocycles. The summed E-state index contributed by atoms with van der Waals surface area (Å²) in [7, 11) is -2.87. The molecule has 0 aliphatic carbocycles. The molecular formula is C54H112N2O16S2Si2. The van der Waals surface area contributed by atoms with Crippen molar-refractivity contribution in [1.82, 2.24) is 10.8 Å². The Balaban J connectivity index is -0.000000151. The van der Waals surface area contributed by atoms with E-state index in [1.165, 1.54) is 65.6 Å². The molecule has 0 aromatic heterocycles. The summed E-state index contributed by atoms with van der Waals surface area (Å²) in [6.07, 6.45) is 26.2. The standard InChI is InChI=1S/2C12H22O2.C11H21NO2.C10H19NO3.2C4H12O3SSi.CH4O/c2*1-3-5-6-7-8-12(13)9-11-14-10-4-2;1-3-5-6-8-12-11(13)7-10-14-9-4-2;1-3-5-7-11-14-10(12)6-9-13-8-4-2;2*1-7-9(5,6)4-2-3-8;1-2/h2*4H,2-3,5-11H2,1H3;4H,2-3,5-10H2,1H3,(H,12,13);4,11H,2-3,5-9H2,1H3;2*5-6,8H,2-4H2,1H3;2H,1H3. The summed E-state index contributed by atoms with van der Waals surface area (Å²) in [4.78, 5) is 85.0. The summed E-state index contributed by atoms with van der Waals surface area (Å²) in [6, 6.07) is 0.681. The molecule has 0 rings (SSSR count). The average Bonchev–Trinajstić information content (AvgIpc) is 3.42. The van der Waals surface area contributed by atoms with Crippen molar-refractivity contribution < 1.29 is 76.1 Å². The predicted molar refractivity (Wildman–Crippen MR) is 321 cm³/mol. The molecule has 0 atom stereocenters. The van der Waals surface area contributed by atoms with E-state index in [1.54, 1.807) is 24.3 Å². The zero-order valence-electron chi connectivity index (χ0n) is 48.5. The number of nitrogens with one attached hydrogen (secondary N) is 2. The fraction of sp³-hybridized carbons (Fsp3) is 0.778. The van der Waals surface area contributed by atoms with E-state index < -0.39 is 17.6 Å². The second-order valence-corrected chi connectivity index (χ2v) is 22.2. The third-order valence-electron chi connectivity index (χ3n) is 9.43. The first-order chi connectivity index (χ1) is 36.5. The molecule has 7 N–H and O–H groups in total. The van der Waals surface area contributed by atoms with E-state index in [1.807, 2.05) is 0 Å². The van der Waals surface area contributed by atoms with Crippen LogP contribution in [-0.2, 0) is 51.8 Å². The van der Waals surface area contributed by atoms with Crippen LogP contribution >= 0.6 is 25.3 Å². The van der Waals surface area contributed by atoms with Crippen LogP contribution in [0.4, 0.5) is 0 Å². The number of hydrogen-bond acceptors (Lipinski definition) is 19. The minimum Gasteiger partial charge on any atom is -0.400 e. The van der Waals surface area contributed by atoms with Crippen molar-refractivity contribution in [1.29, 1.82) is 0 Å². The van der Waals surface area contributed by atoms with Crippen molar-refractivity contribution in [2.45, 2.75) is 175 Å². The number of unbranched alkanes of at least 4 members (excludes halogenated alkanes) is 9. The number of aliphatic hydroxyl groups excluding tert-OH is 1. The van der Waals surface area contributed by atoms with Gasteiger partial charge in [0.1, 0.15) is 11.6 Å². The molecular weight excluding hydrogens is 1050 g/mol. The Labute approximate surface area is 475 Å². The lowest BCUT2D eigenvalue weighted by molar-refractivity contribution is -0.152. The van der Waals surface area contributed by atoms with Crippen molar-refractivity contribution in [2.24, 2.45) is 0 Å². The topological polar surface area (TPSA) is 258 Å². The molecule has 0 aliphatic rings. The van der Waals surface area contributed by atoms with Gasteiger partial charge in [0.15, 0.2) is 0 Å². The monoisotopic (exact) mass is 1160 g/mol. The highest BCUT2D eigenvalue weighted by atomic mass is 32.1. The molecule has 0 aliphatic heterocycles. The zero-order valence-corrected chi connectivity index (χ0v) is 52.3. The molecule has 454 valence electrons. The Hall–Kier alpha value is -2.11. The Morgan fingerprint density at radius 2 is 0.829 bits per heavy atom. The highest BCUT2D eigenvalue weighted by Gasteiger charge is 2.29. The number of hydrogen-bond donors (Lipinski definition) is 9. The lowest BCUT2D eigenvalue weighted by atomic mass is 10.1. The van der Waals surface area contributed by atoms with Gasteiger partial charge in [0.05, 0.1) is 59.3 Å². The largest absolute Gasteiger partial charge is 0.495 e. The number of amides is 1. The second kappa shape index (κ2) is 77.1. The number of hydroxylamine groups is 1. The number of rotatable bonds is 46. The molecule has 0 spiro atoms. The molecule has 22 heteroatoms. The maximum Gasteiger partial charge on any atom is 0.495 e. The van der Waals surface area contributed by atoms with Crippen molar-refractivity contribution >= 4 is 66.3 Å². The maximum atomic E-state index is 11.3. The molecule has 0 bridgehead atoms. The van der Waals surface area contributed by atoms with Gasteiger partial charge in [0.2, 0.25) is 5.91 Å². The predicted octanol–water partition coefficient (Wildman–Crippen LogP) is 8.91. The van der Waals surface area contributed by atoms with Crippen molar-refractivity contribution in [2.75, 3.05) is 98.8 Å². The van der Waals surface area contributed by atoms with Crippen LogP contribution in [0.25, 0.3) is 0 Å². The van der Waals surface area contributed by atoms with E-state index in [0.717, 1.165) is 58.6 Å². The molecule has 76 heavy (non-hydrogen) atoms. The molecule has 0 fully saturated rings. The number of thiol groups is 2. The van der Waals surface area contributed by atoms with E-state index in [4.69, 9.17) is 48.1 Å². The lowest BCUT2D eigenvalue weighted by Gasteiger charge is -2.12. The summed E-state index contributed by atoms with van der Waals surface area (Å²) >= 11 is 7.83. The lowest BCUT2D eigenvalue weighted by Crippen LogP contribution is -2.37. The Kier molecular flexibility index (Phi) is 89.0. The van der Waals surface area contributed by atoms with Crippen LogP contribution in [0, 0.1) is 0 Å². The van der Waals surface area contributed by atoms with E-state index in [9.17, 15) is 19.2 Å². The fourth-order valence-electron chi connectivity index (χ4n) is 5.05. The SMILES string of the molecule is C=CCOCCC(=O)CCCCCC.C=CCOCCC(=O)CCCCCC.C=CCOCCC(=O)NCCCCC.C=CCOCCC(=O)ONCCCC.CO.CO[Si](O)(O)CCCS.CO[Si](O)(O)CCCS. The van der Waals surface area contributed by atoms with Gasteiger partial charge in [-0.1, -0.05) is 110 Å². The fourth-order valence-corrected chi connectivity index (χ4v) is 7.65. The van der Waals surface area contributed by atoms with Gasteiger partial charge in [-0.3, -0.25) is 19.2 Å². The summed E-state index contributed by atoms with van der Waals surface area (Å²) in [5.41, 5.74) is 2.60. The number of ketones is 2. The summed E-state index contributed by atoms with van der Waals surface area (Å²) in [5, 5.41) is 9.85. The van der Waals surface area contributed by atoms with Gasteiger partial charge in [0, 0.05) is 78.6 Å². The van der Waals surface area contributed by atoms with E-state index in [-0.39, 0.29) is 18.3 Å². The van der Waals surface area contributed by atoms with Crippen LogP contribution in [0.1, 0.15) is 163 Å². The number of aliphatic hydroxyl groups is 1. The summed E-state index contributed by atoms with van der Waals surface area (Å²) < 4.78 is 29.3. The molecule has 1 amide bonds. The third kappa shape index (κ3) is 94.3. The molecule has 18 nitrogen and oxygen atoms in total. The van der Waals surface area contributed by atoms with Gasteiger partial charge in [-0.2, -0.15) is 30.7 Å². The quantitative estimate of drug-likeness (QED) is 0.00906.